The highest BCUT2D eigenvalue weighted by Gasteiger charge is 2.42. The minimum Gasteiger partial charge on any atom is -0.338 e. The second kappa shape index (κ2) is 3.23. The Hall–Kier alpha value is -0.570. The number of rotatable bonds is 1. The molecule has 0 aromatic rings. The standard InChI is InChI=1S/C11H18N2O/c14-11(8-3-4-8)13-7-5-9-10(13)2-1-6-12-9/h8-10,12H,1-7H2. The van der Waals surface area contributed by atoms with E-state index in [4.69, 9.17) is 0 Å². The van der Waals surface area contributed by atoms with Gasteiger partial charge >= 0.3 is 0 Å². The molecule has 3 rings (SSSR count). The summed E-state index contributed by atoms with van der Waals surface area (Å²) in [6.45, 7) is 2.14. The zero-order chi connectivity index (χ0) is 9.54. The Bertz CT molecular complexity index is 250. The maximum absolute atomic E-state index is 12.0. The van der Waals surface area contributed by atoms with Crippen molar-refractivity contribution in [2.24, 2.45) is 5.92 Å². The van der Waals surface area contributed by atoms with Gasteiger partial charge in [0.15, 0.2) is 0 Å². The number of hydrogen-bond acceptors (Lipinski definition) is 2. The summed E-state index contributed by atoms with van der Waals surface area (Å²) < 4.78 is 0. The van der Waals surface area contributed by atoms with Gasteiger partial charge in [-0.25, -0.2) is 0 Å². The number of nitrogens with one attached hydrogen (secondary N) is 1. The fraction of sp³-hybridized carbons (Fsp3) is 0.909. The van der Waals surface area contributed by atoms with Crippen LogP contribution in [-0.4, -0.2) is 36.0 Å². The third kappa shape index (κ3) is 1.34. The second-order valence-corrected chi connectivity index (χ2v) is 4.86. The molecule has 2 heterocycles. The van der Waals surface area contributed by atoms with Gasteiger partial charge in [0.05, 0.1) is 0 Å². The van der Waals surface area contributed by atoms with Crippen LogP contribution in [0.25, 0.3) is 0 Å². The number of nitrogens with zero attached hydrogens (tertiary/aromatic N) is 1. The quantitative estimate of drug-likeness (QED) is 0.668. The first-order chi connectivity index (χ1) is 6.86. The van der Waals surface area contributed by atoms with Gasteiger partial charge in [0.1, 0.15) is 0 Å². The summed E-state index contributed by atoms with van der Waals surface area (Å²) in [6, 6.07) is 1.13. The smallest absolute Gasteiger partial charge is 0.225 e. The Morgan fingerprint density at radius 2 is 2.07 bits per heavy atom. The highest BCUT2D eigenvalue weighted by molar-refractivity contribution is 5.81. The van der Waals surface area contributed by atoms with E-state index in [0.717, 1.165) is 25.9 Å². The van der Waals surface area contributed by atoms with Crippen molar-refractivity contribution in [1.82, 2.24) is 10.2 Å². The van der Waals surface area contributed by atoms with E-state index in [2.05, 4.69) is 10.2 Å². The number of carbonyl (C=O) groups excluding carboxylic acids is 1. The van der Waals surface area contributed by atoms with Crippen molar-refractivity contribution < 1.29 is 4.79 Å². The molecule has 1 saturated carbocycles. The average molecular weight is 194 g/mol. The van der Waals surface area contributed by atoms with E-state index < -0.39 is 0 Å². The summed E-state index contributed by atoms with van der Waals surface area (Å²) in [6.07, 6.45) is 5.90. The van der Waals surface area contributed by atoms with Crippen LogP contribution < -0.4 is 5.32 Å². The van der Waals surface area contributed by atoms with Gasteiger partial charge in [-0.3, -0.25) is 4.79 Å². The maximum atomic E-state index is 12.0. The Balaban J connectivity index is 1.71. The molecule has 3 fully saturated rings. The molecule has 3 aliphatic rings. The lowest BCUT2D eigenvalue weighted by Crippen LogP contribution is -2.48. The molecule has 3 nitrogen and oxygen atoms in total. The first-order valence-corrected chi connectivity index (χ1v) is 5.90. The normalized spacial score (nSPS) is 37.0. The zero-order valence-electron chi connectivity index (χ0n) is 8.54. The largest absolute Gasteiger partial charge is 0.338 e. The lowest BCUT2D eigenvalue weighted by molar-refractivity contribution is -0.133. The maximum Gasteiger partial charge on any atom is 0.225 e. The molecule has 0 radical (unpaired) electrons. The summed E-state index contributed by atoms with van der Waals surface area (Å²) in [5.74, 6) is 0.844. The molecule has 1 aliphatic carbocycles. The number of likely N-dealkylation sites (tertiary alicyclic amines) is 1. The average Bonchev–Trinajstić information content (AvgIpc) is 2.97. The minimum atomic E-state index is 0.399. The summed E-state index contributed by atoms with van der Waals surface area (Å²) >= 11 is 0. The fourth-order valence-corrected chi connectivity index (χ4v) is 2.89. The topological polar surface area (TPSA) is 32.3 Å². The van der Waals surface area contributed by atoms with Crippen LogP contribution in [0, 0.1) is 5.92 Å². The predicted octanol–water partition coefficient (Wildman–Crippen LogP) is 0.749. The number of piperidine rings is 1. The van der Waals surface area contributed by atoms with Crippen LogP contribution in [0.2, 0.25) is 0 Å². The molecule has 0 spiro atoms. The van der Waals surface area contributed by atoms with Crippen LogP contribution in [0.4, 0.5) is 0 Å². The number of carbonyl (C=O) groups is 1. The third-order valence-corrected chi connectivity index (χ3v) is 3.84. The molecule has 1 amide bonds. The van der Waals surface area contributed by atoms with E-state index in [-0.39, 0.29) is 0 Å². The zero-order valence-corrected chi connectivity index (χ0v) is 8.54. The molecular weight excluding hydrogens is 176 g/mol. The van der Waals surface area contributed by atoms with Gasteiger partial charge in [0, 0.05) is 24.5 Å². The molecule has 2 saturated heterocycles. The van der Waals surface area contributed by atoms with E-state index >= 15 is 0 Å². The Labute approximate surface area is 84.8 Å². The van der Waals surface area contributed by atoms with Crippen molar-refractivity contribution in [3.8, 4) is 0 Å². The molecular formula is C11H18N2O. The van der Waals surface area contributed by atoms with Crippen LogP contribution >= 0.6 is 0 Å². The van der Waals surface area contributed by atoms with E-state index in [9.17, 15) is 4.79 Å². The van der Waals surface area contributed by atoms with E-state index in [0.29, 0.717) is 23.9 Å². The molecule has 2 unspecified atom stereocenters. The van der Waals surface area contributed by atoms with Gasteiger partial charge < -0.3 is 10.2 Å². The highest BCUT2D eigenvalue weighted by atomic mass is 16.2. The molecule has 0 bridgehead atoms. The molecule has 0 aromatic heterocycles. The molecule has 1 N–H and O–H groups in total. The number of fused-ring (bicyclic) bond motifs is 1. The Morgan fingerprint density at radius 3 is 2.86 bits per heavy atom. The first kappa shape index (κ1) is 8.72. The Kier molecular flexibility index (Phi) is 2.01. The van der Waals surface area contributed by atoms with Crippen molar-refractivity contribution >= 4 is 5.91 Å². The van der Waals surface area contributed by atoms with Gasteiger partial charge in [0.2, 0.25) is 5.91 Å². The van der Waals surface area contributed by atoms with Crippen molar-refractivity contribution in [1.29, 1.82) is 0 Å². The molecule has 78 valence electrons. The monoisotopic (exact) mass is 194 g/mol. The summed E-state index contributed by atoms with van der Waals surface area (Å²) in [7, 11) is 0. The lowest BCUT2D eigenvalue weighted by Gasteiger charge is -2.32. The highest BCUT2D eigenvalue weighted by Crippen LogP contribution is 2.35. The molecule has 2 atom stereocenters. The molecule has 14 heavy (non-hydrogen) atoms. The summed E-state index contributed by atoms with van der Waals surface area (Å²) in [5, 5.41) is 3.53. The van der Waals surface area contributed by atoms with Crippen LogP contribution in [0.1, 0.15) is 32.1 Å². The van der Waals surface area contributed by atoms with E-state index in [1.165, 1.54) is 19.3 Å². The van der Waals surface area contributed by atoms with Gasteiger partial charge in [0.25, 0.3) is 0 Å². The van der Waals surface area contributed by atoms with Gasteiger partial charge in [-0.05, 0) is 38.6 Å². The fourth-order valence-electron chi connectivity index (χ4n) is 2.89. The van der Waals surface area contributed by atoms with Crippen molar-refractivity contribution in [2.75, 3.05) is 13.1 Å². The summed E-state index contributed by atoms with van der Waals surface area (Å²) in [4.78, 5) is 14.1. The third-order valence-electron chi connectivity index (χ3n) is 3.84. The molecule has 3 heteroatoms. The van der Waals surface area contributed by atoms with Crippen molar-refractivity contribution in [2.45, 2.75) is 44.2 Å². The second-order valence-electron chi connectivity index (χ2n) is 4.86. The Morgan fingerprint density at radius 1 is 1.21 bits per heavy atom. The van der Waals surface area contributed by atoms with Gasteiger partial charge in [-0.2, -0.15) is 0 Å². The molecule has 0 aromatic carbocycles. The van der Waals surface area contributed by atoms with Crippen LogP contribution in [0.3, 0.4) is 0 Å². The van der Waals surface area contributed by atoms with Gasteiger partial charge in [-0.1, -0.05) is 0 Å². The van der Waals surface area contributed by atoms with Crippen molar-refractivity contribution in [3.63, 3.8) is 0 Å². The lowest BCUT2D eigenvalue weighted by atomic mass is 9.99. The first-order valence-electron chi connectivity index (χ1n) is 5.90. The van der Waals surface area contributed by atoms with E-state index in [1.807, 2.05) is 0 Å². The van der Waals surface area contributed by atoms with E-state index in [1.54, 1.807) is 0 Å². The SMILES string of the molecule is O=C(C1CC1)N1CCC2NCCCC21. The van der Waals surface area contributed by atoms with Crippen molar-refractivity contribution in [3.05, 3.63) is 0 Å². The van der Waals surface area contributed by atoms with Crippen LogP contribution in [0.15, 0.2) is 0 Å². The number of hydrogen-bond donors (Lipinski definition) is 1. The number of amides is 1. The summed E-state index contributed by atoms with van der Waals surface area (Å²) in [5.41, 5.74) is 0. The van der Waals surface area contributed by atoms with Crippen LogP contribution in [0.5, 0.6) is 0 Å². The van der Waals surface area contributed by atoms with Gasteiger partial charge in [-0.15, -0.1) is 0 Å². The molecule has 2 aliphatic heterocycles. The predicted molar refractivity (Wildman–Crippen MR) is 53.9 cm³/mol. The van der Waals surface area contributed by atoms with Crippen LogP contribution in [-0.2, 0) is 4.79 Å². The minimum absolute atomic E-state index is 0.399.